The van der Waals surface area contributed by atoms with E-state index in [-0.39, 0.29) is 5.91 Å². The number of anilines is 1. The van der Waals surface area contributed by atoms with Gasteiger partial charge in [-0.3, -0.25) is 14.4 Å². The predicted molar refractivity (Wildman–Crippen MR) is 117 cm³/mol. The van der Waals surface area contributed by atoms with E-state index < -0.39 is 0 Å². The molecule has 156 valence electrons. The van der Waals surface area contributed by atoms with Crippen molar-refractivity contribution in [3.8, 4) is 5.75 Å². The van der Waals surface area contributed by atoms with Gasteiger partial charge in [0, 0.05) is 50.6 Å². The van der Waals surface area contributed by atoms with Crippen LogP contribution >= 0.6 is 0 Å². The van der Waals surface area contributed by atoms with E-state index in [1.807, 2.05) is 48.3 Å². The van der Waals surface area contributed by atoms with Gasteiger partial charge in [0.05, 0.1) is 13.3 Å². The lowest BCUT2D eigenvalue weighted by Crippen LogP contribution is -2.30. The van der Waals surface area contributed by atoms with Gasteiger partial charge in [-0.25, -0.2) is 0 Å². The highest BCUT2D eigenvalue weighted by Gasteiger charge is 2.18. The first-order chi connectivity index (χ1) is 14.6. The second-order valence-corrected chi connectivity index (χ2v) is 7.83. The molecule has 0 atom stereocenters. The summed E-state index contributed by atoms with van der Waals surface area (Å²) in [6.45, 7) is 2.81. The molecule has 3 aromatic rings. The molecule has 0 saturated heterocycles. The number of benzene rings is 2. The molecule has 0 bridgehead atoms. The van der Waals surface area contributed by atoms with Gasteiger partial charge in [0.15, 0.2) is 0 Å². The average Bonchev–Trinajstić information content (AvgIpc) is 3.16. The average molecular weight is 405 g/mol. The van der Waals surface area contributed by atoms with Gasteiger partial charge < -0.3 is 10.1 Å². The van der Waals surface area contributed by atoms with Crippen LogP contribution in [0, 0.1) is 0 Å². The van der Waals surface area contributed by atoms with Crippen LogP contribution in [-0.4, -0.2) is 34.2 Å². The Kier molecular flexibility index (Phi) is 6.14. The predicted octanol–water partition coefficient (Wildman–Crippen LogP) is 3.56. The van der Waals surface area contributed by atoms with Crippen LogP contribution in [0.2, 0.25) is 0 Å². The summed E-state index contributed by atoms with van der Waals surface area (Å²) in [6.07, 6.45) is 6.09. The normalized spacial score (nSPS) is 13.7. The molecule has 0 unspecified atom stereocenters. The molecule has 1 aromatic heterocycles. The van der Waals surface area contributed by atoms with E-state index in [0.717, 1.165) is 43.1 Å². The molecule has 4 rings (SSSR count). The summed E-state index contributed by atoms with van der Waals surface area (Å²) < 4.78 is 7.21. The van der Waals surface area contributed by atoms with Gasteiger partial charge in [0.1, 0.15) is 5.75 Å². The van der Waals surface area contributed by atoms with E-state index in [1.54, 1.807) is 7.11 Å². The molecule has 2 aromatic carbocycles. The van der Waals surface area contributed by atoms with Gasteiger partial charge in [-0.2, -0.15) is 5.10 Å². The summed E-state index contributed by atoms with van der Waals surface area (Å²) in [5.74, 6) is 0.844. The zero-order valence-corrected chi connectivity index (χ0v) is 17.6. The van der Waals surface area contributed by atoms with Gasteiger partial charge in [-0.05, 0) is 47.7 Å². The Morgan fingerprint density at radius 3 is 2.87 bits per heavy atom. The number of methoxy groups -OCH3 is 1. The first kappa shape index (κ1) is 20.2. The summed E-state index contributed by atoms with van der Waals surface area (Å²) in [4.78, 5) is 14.9. The fraction of sp³-hybridized carbons (Fsp3) is 0.333. The van der Waals surface area contributed by atoms with Crippen LogP contribution in [0.1, 0.15) is 28.7 Å². The van der Waals surface area contributed by atoms with Crippen molar-refractivity contribution in [1.82, 2.24) is 14.7 Å². The van der Waals surface area contributed by atoms with E-state index in [1.165, 1.54) is 16.7 Å². The summed E-state index contributed by atoms with van der Waals surface area (Å²) in [7, 11) is 3.60. The number of nitrogens with zero attached hydrogens (tertiary/aromatic N) is 3. The third kappa shape index (κ3) is 4.89. The van der Waals surface area contributed by atoms with Crippen LogP contribution in [0.25, 0.3) is 0 Å². The molecule has 1 amide bonds. The number of para-hydroxylation sites is 1. The van der Waals surface area contributed by atoms with Crippen molar-refractivity contribution in [3.63, 3.8) is 0 Å². The number of rotatable bonds is 7. The maximum absolute atomic E-state index is 12.5. The highest BCUT2D eigenvalue weighted by Crippen LogP contribution is 2.24. The molecule has 0 fully saturated rings. The Balaban J connectivity index is 1.35. The molecular formula is C24H28N4O2. The fourth-order valence-corrected chi connectivity index (χ4v) is 4.02. The highest BCUT2D eigenvalue weighted by molar-refractivity contribution is 5.91. The number of carbonyl (C=O) groups excluding carboxylic acids is 1. The Morgan fingerprint density at radius 1 is 1.20 bits per heavy atom. The van der Waals surface area contributed by atoms with E-state index in [4.69, 9.17) is 4.74 Å². The van der Waals surface area contributed by atoms with Crippen molar-refractivity contribution in [1.29, 1.82) is 0 Å². The number of hydrogen-bond acceptors (Lipinski definition) is 4. The number of hydrogen-bond donors (Lipinski definition) is 1. The molecule has 2 heterocycles. The van der Waals surface area contributed by atoms with Crippen molar-refractivity contribution < 1.29 is 9.53 Å². The number of nitrogens with one attached hydrogen (secondary N) is 1. The first-order valence-corrected chi connectivity index (χ1v) is 10.3. The van der Waals surface area contributed by atoms with Crippen LogP contribution in [-0.2, 0) is 37.8 Å². The minimum Gasteiger partial charge on any atom is -0.496 e. The van der Waals surface area contributed by atoms with Crippen molar-refractivity contribution in [2.24, 2.45) is 7.05 Å². The third-order valence-electron chi connectivity index (χ3n) is 5.56. The maximum Gasteiger partial charge on any atom is 0.224 e. The largest absolute Gasteiger partial charge is 0.496 e. The summed E-state index contributed by atoms with van der Waals surface area (Å²) in [5.41, 5.74) is 5.78. The van der Waals surface area contributed by atoms with Gasteiger partial charge in [-0.15, -0.1) is 0 Å². The second-order valence-electron chi connectivity index (χ2n) is 7.83. The number of amides is 1. The molecule has 30 heavy (non-hydrogen) atoms. The summed E-state index contributed by atoms with van der Waals surface area (Å²) in [6, 6.07) is 14.1. The van der Waals surface area contributed by atoms with Gasteiger partial charge in [-0.1, -0.05) is 24.3 Å². The second kappa shape index (κ2) is 9.13. The maximum atomic E-state index is 12.5. The zero-order chi connectivity index (χ0) is 20.9. The first-order valence-electron chi connectivity index (χ1n) is 10.3. The van der Waals surface area contributed by atoms with E-state index in [9.17, 15) is 4.79 Å². The molecule has 0 radical (unpaired) electrons. The molecule has 6 heteroatoms. The van der Waals surface area contributed by atoms with Crippen LogP contribution < -0.4 is 10.1 Å². The highest BCUT2D eigenvalue weighted by atomic mass is 16.5. The smallest absolute Gasteiger partial charge is 0.224 e. The van der Waals surface area contributed by atoms with Crippen molar-refractivity contribution >= 4 is 11.6 Å². The molecule has 1 aliphatic heterocycles. The van der Waals surface area contributed by atoms with Crippen molar-refractivity contribution in [2.45, 2.75) is 32.4 Å². The van der Waals surface area contributed by atoms with Gasteiger partial charge in [0.25, 0.3) is 0 Å². The van der Waals surface area contributed by atoms with E-state index in [0.29, 0.717) is 12.8 Å². The minimum atomic E-state index is 0.0175. The van der Waals surface area contributed by atoms with Gasteiger partial charge >= 0.3 is 0 Å². The minimum absolute atomic E-state index is 0.0175. The lowest BCUT2D eigenvalue weighted by atomic mass is 9.98. The fourth-order valence-electron chi connectivity index (χ4n) is 4.02. The van der Waals surface area contributed by atoms with Crippen LogP contribution in [0.3, 0.4) is 0 Å². The monoisotopic (exact) mass is 404 g/mol. The number of fused-ring (bicyclic) bond motifs is 1. The molecule has 1 aliphatic rings. The lowest BCUT2D eigenvalue weighted by molar-refractivity contribution is -0.116. The Bertz CT molecular complexity index is 1030. The SMILES string of the molecule is COc1ccccc1CCC(=O)Nc1ccc2c(c1)CN(Cc1cnn(C)c1)CC2. The van der Waals surface area contributed by atoms with E-state index >= 15 is 0 Å². The lowest BCUT2D eigenvalue weighted by Gasteiger charge is -2.28. The summed E-state index contributed by atoms with van der Waals surface area (Å²) >= 11 is 0. The number of aromatic nitrogens is 2. The number of ether oxygens (including phenoxy) is 1. The van der Waals surface area contributed by atoms with Crippen molar-refractivity contribution in [3.05, 3.63) is 77.1 Å². The zero-order valence-electron chi connectivity index (χ0n) is 17.6. The molecule has 1 N–H and O–H groups in total. The van der Waals surface area contributed by atoms with E-state index in [2.05, 4.69) is 33.6 Å². The molecule has 0 saturated carbocycles. The van der Waals surface area contributed by atoms with Crippen LogP contribution in [0.4, 0.5) is 5.69 Å². The van der Waals surface area contributed by atoms with Crippen molar-refractivity contribution in [2.75, 3.05) is 19.0 Å². The Labute approximate surface area is 177 Å². The molecular weight excluding hydrogens is 376 g/mol. The molecule has 6 nitrogen and oxygen atoms in total. The van der Waals surface area contributed by atoms with Crippen LogP contribution in [0.15, 0.2) is 54.9 Å². The standard InChI is InChI=1S/C24H28N4O2/c1-27-15-18(14-25-27)16-28-12-11-19-7-9-22(13-21(19)17-28)26-24(29)10-8-20-5-3-4-6-23(20)30-2/h3-7,9,13-15H,8,10-12,16-17H2,1-2H3,(H,26,29). The third-order valence-corrected chi connectivity index (χ3v) is 5.56. The summed E-state index contributed by atoms with van der Waals surface area (Å²) in [5, 5.41) is 7.31. The number of aryl methyl sites for hydroxylation is 2. The number of carbonyl (C=O) groups is 1. The molecule has 0 spiro atoms. The Morgan fingerprint density at radius 2 is 2.07 bits per heavy atom. The Hall–Kier alpha value is -3.12. The quantitative estimate of drug-likeness (QED) is 0.654. The topological polar surface area (TPSA) is 59.4 Å². The van der Waals surface area contributed by atoms with Gasteiger partial charge in [0.2, 0.25) is 5.91 Å². The molecule has 0 aliphatic carbocycles. The van der Waals surface area contributed by atoms with Crippen LogP contribution in [0.5, 0.6) is 5.75 Å².